The van der Waals surface area contributed by atoms with Crippen LogP contribution >= 0.6 is 0 Å². The van der Waals surface area contributed by atoms with Gasteiger partial charge in [0.1, 0.15) is 0 Å². The van der Waals surface area contributed by atoms with E-state index in [0.29, 0.717) is 17.8 Å². The zero-order valence-corrected chi connectivity index (χ0v) is 16.3. The molecule has 0 aromatic heterocycles. The number of aliphatic hydroxyl groups excluding tert-OH is 2. The lowest BCUT2D eigenvalue weighted by Gasteiger charge is -2.56. The molecule has 7 unspecified atom stereocenters. The van der Waals surface area contributed by atoms with Crippen molar-refractivity contribution in [1.29, 1.82) is 0 Å². The second-order valence-electron chi connectivity index (χ2n) is 9.34. The van der Waals surface area contributed by atoms with Crippen molar-refractivity contribution in [2.24, 2.45) is 34.5 Å². The smallest absolute Gasteiger partial charge is 0.0572 e. The molecular weight excluding hydrogens is 314 g/mol. The molecule has 3 N–H and O–H groups in total. The van der Waals surface area contributed by atoms with Gasteiger partial charge in [-0.15, -0.1) is 0 Å². The minimum Gasteiger partial charge on any atom is -0.396 e. The van der Waals surface area contributed by atoms with E-state index in [2.05, 4.69) is 25.9 Å². The Morgan fingerprint density at radius 1 is 1.20 bits per heavy atom. The van der Waals surface area contributed by atoms with E-state index in [1.54, 1.807) is 7.11 Å². The molecule has 144 valence electrons. The first kappa shape index (κ1) is 19.3. The number of hydroxylamine groups is 1. The second-order valence-corrected chi connectivity index (χ2v) is 9.34. The van der Waals surface area contributed by atoms with E-state index in [1.165, 1.54) is 24.8 Å². The molecule has 0 radical (unpaired) electrons. The van der Waals surface area contributed by atoms with Crippen LogP contribution in [0.3, 0.4) is 0 Å². The Hall–Kier alpha value is -0.420. The Morgan fingerprint density at radius 3 is 2.64 bits per heavy atom. The summed E-state index contributed by atoms with van der Waals surface area (Å²) in [7, 11) is 1.69. The highest BCUT2D eigenvalue weighted by atomic mass is 16.6. The lowest BCUT2D eigenvalue weighted by molar-refractivity contribution is -0.100. The first-order valence-corrected chi connectivity index (χ1v) is 10.1. The fraction of sp³-hybridized carbons (Fsp3) is 0.905. The highest BCUT2D eigenvalue weighted by Crippen LogP contribution is 2.63. The fourth-order valence-corrected chi connectivity index (χ4v) is 6.65. The number of rotatable bonds is 5. The van der Waals surface area contributed by atoms with E-state index >= 15 is 0 Å². The van der Waals surface area contributed by atoms with Crippen molar-refractivity contribution >= 4 is 0 Å². The highest BCUT2D eigenvalue weighted by molar-refractivity contribution is 5.20. The molecule has 0 bridgehead atoms. The van der Waals surface area contributed by atoms with Crippen LogP contribution in [-0.4, -0.2) is 36.6 Å². The van der Waals surface area contributed by atoms with Crippen LogP contribution in [0.15, 0.2) is 12.2 Å². The van der Waals surface area contributed by atoms with Gasteiger partial charge in [0, 0.05) is 13.2 Å². The minimum absolute atomic E-state index is 0.0965. The molecule has 3 aliphatic rings. The van der Waals surface area contributed by atoms with E-state index in [-0.39, 0.29) is 29.5 Å². The summed E-state index contributed by atoms with van der Waals surface area (Å²) < 4.78 is 0. The Kier molecular flexibility index (Phi) is 5.65. The van der Waals surface area contributed by atoms with E-state index in [4.69, 9.17) is 4.84 Å². The van der Waals surface area contributed by atoms with Gasteiger partial charge in [-0.05, 0) is 79.4 Å². The van der Waals surface area contributed by atoms with E-state index in [1.807, 2.05) is 0 Å². The maximum absolute atomic E-state index is 10.1. The maximum atomic E-state index is 10.1. The van der Waals surface area contributed by atoms with Crippen LogP contribution in [0.4, 0.5) is 0 Å². The standard InChI is InChI=1S/C21H37NO3/c1-14-5-6-18-17(12-22-25-4)19(8-10-20(14,18)2)21(3)9-7-16(24)11-15(21)13-23/h15-19,22-24H,1,5-13H2,2-4H3. The predicted molar refractivity (Wildman–Crippen MR) is 99.7 cm³/mol. The van der Waals surface area contributed by atoms with Crippen LogP contribution in [-0.2, 0) is 4.84 Å². The number of hydrogen-bond acceptors (Lipinski definition) is 4. The molecule has 0 amide bonds. The summed E-state index contributed by atoms with van der Waals surface area (Å²) in [6, 6.07) is 0. The third kappa shape index (κ3) is 3.20. The topological polar surface area (TPSA) is 61.7 Å². The summed E-state index contributed by atoms with van der Waals surface area (Å²) in [6.07, 6.45) is 7.14. The van der Waals surface area contributed by atoms with Crippen LogP contribution in [0.25, 0.3) is 0 Å². The van der Waals surface area contributed by atoms with Gasteiger partial charge in [0.2, 0.25) is 0 Å². The molecule has 7 atom stereocenters. The molecule has 0 saturated heterocycles. The molecule has 3 fully saturated rings. The van der Waals surface area contributed by atoms with Crippen molar-refractivity contribution in [3.8, 4) is 0 Å². The molecule has 0 aromatic rings. The zero-order chi connectivity index (χ0) is 18.2. The van der Waals surface area contributed by atoms with Gasteiger partial charge in [-0.3, -0.25) is 0 Å². The van der Waals surface area contributed by atoms with Crippen molar-refractivity contribution in [3.63, 3.8) is 0 Å². The number of nitrogens with one attached hydrogen (secondary N) is 1. The van der Waals surface area contributed by atoms with Crippen molar-refractivity contribution < 1.29 is 15.1 Å². The lowest BCUT2D eigenvalue weighted by Crippen LogP contribution is -2.53. The predicted octanol–water partition coefficient (Wildman–Crippen LogP) is 3.30. The van der Waals surface area contributed by atoms with Gasteiger partial charge in [0.25, 0.3) is 0 Å². The number of allylic oxidation sites excluding steroid dienone is 1. The first-order chi connectivity index (χ1) is 11.9. The SMILES string of the molecule is C=C1CCC2C(CNOC)C(C3(C)CCC(O)CC3CO)CCC12C. The van der Waals surface area contributed by atoms with Gasteiger partial charge in [-0.2, -0.15) is 0 Å². The normalized spacial score (nSPS) is 47.7. The first-order valence-electron chi connectivity index (χ1n) is 10.1. The summed E-state index contributed by atoms with van der Waals surface area (Å²) >= 11 is 0. The second kappa shape index (κ2) is 7.30. The largest absolute Gasteiger partial charge is 0.396 e. The van der Waals surface area contributed by atoms with Gasteiger partial charge in [0.05, 0.1) is 13.2 Å². The van der Waals surface area contributed by atoms with Crippen LogP contribution in [0.1, 0.15) is 58.8 Å². The number of hydrogen-bond donors (Lipinski definition) is 3. The number of fused-ring (bicyclic) bond motifs is 1. The molecule has 25 heavy (non-hydrogen) atoms. The summed E-state index contributed by atoms with van der Waals surface area (Å²) in [5.41, 5.74) is 4.94. The van der Waals surface area contributed by atoms with Crippen LogP contribution in [0, 0.1) is 34.5 Å². The molecule has 0 spiro atoms. The van der Waals surface area contributed by atoms with E-state index in [0.717, 1.165) is 32.2 Å². The molecule has 4 heteroatoms. The van der Waals surface area contributed by atoms with Crippen molar-refractivity contribution in [2.45, 2.75) is 64.9 Å². The Morgan fingerprint density at radius 2 is 1.96 bits per heavy atom. The summed E-state index contributed by atoms with van der Waals surface area (Å²) in [6.45, 7) is 10.2. The molecule has 3 rings (SSSR count). The van der Waals surface area contributed by atoms with Crippen LogP contribution in [0.5, 0.6) is 0 Å². The zero-order valence-electron chi connectivity index (χ0n) is 16.3. The van der Waals surface area contributed by atoms with Crippen molar-refractivity contribution in [2.75, 3.05) is 20.3 Å². The molecule has 3 saturated carbocycles. The van der Waals surface area contributed by atoms with Gasteiger partial charge in [0.15, 0.2) is 0 Å². The van der Waals surface area contributed by atoms with E-state index in [9.17, 15) is 10.2 Å². The average Bonchev–Trinajstić information content (AvgIpc) is 2.90. The molecule has 0 aromatic carbocycles. The molecule has 4 nitrogen and oxygen atoms in total. The third-order valence-electron chi connectivity index (χ3n) is 8.43. The fourth-order valence-electron chi connectivity index (χ4n) is 6.65. The Labute approximate surface area is 153 Å². The summed E-state index contributed by atoms with van der Waals surface area (Å²) in [5.74, 6) is 1.93. The molecular formula is C21H37NO3. The van der Waals surface area contributed by atoms with Gasteiger partial charge >= 0.3 is 0 Å². The van der Waals surface area contributed by atoms with Crippen LogP contribution in [0.2, 0.25) is 0 Å². The summed E-state index contributed by atoms with van der Waals surface area (Å²) in [4.78, 5) is 5.23. The maximum Gasteiger partial charge on any atom is 0.0572 e. The average molecular weight is 352 g/mol. The van der Waals surface area contributed by atoms with Crippen molar-refractivity contribution in [3.05, 3.63) is 12.2 Å². The third-order valence-corrected chi connectivity index (χ3v) is 8.43. The quantitative estimate of drug-likeness (QED) is 0.525. The van der Waals surface area contributed by atoms with Crippen molar-refractivity contribution in [1.82, 2.24) is 5.48 Å². The van der Waals surface area contributed by atoms with Gasteiger partial charge in [-0.25, -0.2) is 5.48 Å². The molecule has 0 heterocycles. The number of aliphatic hydroxyl groups is 2. The van der Waals surface area contributed by atoms with Crippen LogP contribution < -0.4 is 5.48 Å². The Balaban J connectivity index is 1.89. The van der Waals surface area contributed by atoms with Gasteiger partial charge in [-0.1, -0.05) is 26.0 Å². The molecule has 3 aliphatic carbocycles. The molecule has 0 aliphatic heterocycles. The lowest BCUT2D eigenvalue weighted by atomic mass is 9.49. The highest BCUT2D eigenvalue weighted by Gasteiger charge is 2.56. The Bertz CT molecular complexity index is 496. The summed E-state index contributed by atoms with van der Waals surface area (Å²) in [5, 5.41) is 20.2. The monoisotopic (exact) mass is 351 g/mol. The van der Waals surface area contributed by atoms with Gasteiger partial charge < -0.3 is 15.1 Å². The van der Waals surface area contributed by atoms with E-state index < -0.39 is 0 Å². The minimum atomic E-state index is -0.249.